The van der Waals surface area contributed by atoms with Crippen LogP contribution in [0, 0.1) is 0 Å². The molecule has 0 amide bonds. The second kappa shape index (κ2) is 8.02. The largest absolute Gasteiger partial charge is 0.392 e. The van der Waals surface area contributed by atoms with Crippen LogP contribution in [0.25, 0.3) is 6.08 Å². The number of aliphatic hydroxyl groups excluding tert-OH is 1. The topological polar surface area (TPSA) is 20.2 Å². The molecule has 0 spiro atoms. The summed E-state index contributed by atoms with van der Waals surface area (Å²) < 4.78 is 0. The van der Waals surface area contributed by atoms with Crippen molar-refractivity contribution in [2.45, 2.75) is 13.8 Å². The van der Waals surface area contributed by atoms with E-state index in [2.05, 4.69) is 0 Å². The van der Waals surface area contributed by atoms with Gasteiger partial charge in [-0.05, 0) is 5.56 Å². The minimum Gasteiger partial charge on any atom is -0.392 e. The van der Waals surface area contributed by atoms with Crippen LogP contribution in [0.3, 0.4) is 0 Å². The molecule has 1 aromatic carbocycles. The molecule has 1 nitrogen and oxygen atoms in total. The lowest BCUT2D eigenvalue weighted by Gasteiger charge is -1.88. The fraction of sp³-hybridized carbons (Fsp3) is 0.273. The van der Waals surface area contributed by atoms with E-state index in [9.17, 15) is 0 Å². The van der Waals surface area contributed by atoms with E-state index >= 15 is 0 Å². The maximum atomic E-state index is 8.44. The maximum absolute atomic E-state index is 8.44. The molecule has 1 aromatic rings. The molecule has 0 fully saturated rings. The molecule has 0 radical (unpaired) electrons. The lowest BCUT2D eigenvalue weighted by Crippen LogP contribution is -1.72. The van der Waals surface area contributed by atoms with E-state index in [1.54, 1.807) is 6.08 Å². The first-order valence-corrected chi connectivity index (χ1v) is 4.26. The summed E-state index contributed by atoms with van der Waals surface area (Å²) in [4.78, 5) is 0. The predicted molar refractivity (Wildman–Crippen MR) is 53.9 cm³/mol. The fourth-order valence-electron chi connectivity index (χ4n) is 0.753. The summed E-state index contributed by atoms with van der Waals surface area (Å²) in [6.07, 6.45) is 3.61. The van der Waals surface area contributed by atoms with Gasteiger partial charge in [0.25, 0.3) is 0 Å². The maximum Gasteiger partial charge on any atom is 0.0615 e. The van der Waals surface area contributed by atoms with Crippen LogP contribution in [0.15, 0.2) is 36.4 Å². The van der Waals surface area contributed by atoms with E-state index in [1.165, 1.54) is 0 Å². The molecular formula is C11H16O. The third-order valence-electron chi connectivity index (χ3n) is 1.22. The molecule has 0 unspecified atom stereocenters. The molecule has 0 aliphatic heterocycles. The zero-order valence-corrected chi connectivity index (χ0v) is 7.70. The van der Waals surface area contributed by atoms with Gasteiger partial charge in [-0.25, -0.2) is 0 Å². The third-order valence-corrected chi connectivity index (χ3v) is 1.22. The first-order valence-electron chi connectivity index (χ1n) is 4.26. The summed E-state index contributed by atoms with van der Waals surface area (Å²) >= 11 is 0. The van der Waals surface area contributed by atoms with Gasteiger partial charge >= 0.3 is 0 Å². The average molecular weight is 164 g/mol. The van der Waals surface area contributed by atoms with Crippen LogP contribution in [-0.4, -0.2) is 11.7 Å². The number of rotatable bonds is 2. The highest BCUT2D eigenvalue weighted by Gasteiger charge is 1.79. The molecular weight excluding hydrogens is 148 g/mol. The van der Waals surface area contributed by atoms with Crippen molar-refractivity contribution in [3.63, 3.8) is 0 Å². The fourth-order valence-corrected chi connectivity index (χ4v) is 0.753. The van der Waals surface area contributed by atoms with Gasteiger partial charge in [-0.3, -0.25) is 0 Å². The molecule has 12 heavy (non-hydrogen) atoms. The van der Waals surface area contributed by atoms with Crippen LogP contribution in [0.4, 0.5) is 0 Å². The molecule has 0 saturated heterocycles. The first-order chi connectivity index (χ1) is 5.93. The van der Waals surface area contributed by atoms with Crippen molar-refractivity contribution >= 4 is 6.08 Å². The lowest BCUT2D eigenvalue weighted by molar-refractivity contribution is 0.343. The molecule has 0 atom stereocenters. The third kappa shape index (κ3) is 4.69. The Labute approximate surface area is 74.4 Å². The Balaban J connectivity index is 0.000000561. The Morgan fingerprint density at radius 1 is 1.17 bits per heavy atom. The second-order valence-electron chi connectivity index (χ2n) is 2.00. The van der Waals surface area contributed by atoms with Crippen molar-refractivity contribution in [1.29, 1.82) is 0 Å². The Kier molecular flexibility index (Phi) is 7.30. The highest BCUT2D eigenvalue weighted by atomic mass is 16.2. The van der Waals surface area contributed by atoms with Gasteiger partial charge < -0.3 is 5.11 Å². The van der Waals surface area contributed by atoms with Crippen molar-refractivity contribution in [3.05, 3.63) is 42.0 Å². The lowest BCUT2D eigenvalue weighted by atomic mass is 10.2. The van der Waals surface area contributed by atoms with Gasteiger partial charge in [-0.1, -0.05) is 56.3 Å². The molecule has 1 heteroatoms. The van der Waals surface area contributed by atoms with Crippen molar-refractivity contribution < 1.29 is 5.11 Å². The number of hydrogen-bond acceptors (Lipinski definition) is 1. The normalized spacial score (nSPS) is 9.25. The Bertz CT molecular complexity index is 202. The van der Waals surface area contributed by atoms with Crippen molar-refractivity contribution in [3.8, 4) is 0 Å². The van der Waals surface area contributed by atoms with E-state index in [1.807, 2.05) is 50.3 Å². The second-order valence-corrected chi connectivity index (χ2v) is 2.00. The van der Waals surface area contributed by atoms with Gasteiger partial charge in [0.05, 0.1) is 6.61 Å². The Morgan fingerprint density at radius 3 is 2.25 bits per heavy atom. The molecule has 0 aromatic heterocycles. The summed E-state index contributed by atoms with van der Waals surface area (Å²) in [5.41, 5.74) is 1.12. The Hall–Kier alpha value is -1.08. The summed E-state index contributed by atoms with van der Waals surface area (Å²) in [6.45, 7) is 4.11. The van der Waals surface area contributed by atoms with Crippen LogP contribution in [-0.2, 0) is 0 Å². The summed E-state index contributed by atoms with van der Waals surface area (Å²) in [5.74, 6) is 0. The van der Waals surface area contributed by atoms with E-state index < -0.39 is 0 Å². The molecule has 1 N–H and O–H groups in total. The molecule has 66 valence electrons. The van der Waals surface area contributed by atoms with Crippen LogP contribution in [0.2, 0.25) is 0 Å². The Morgan fingerprint density at radius 2 is 1.75 bits per heavy atom. The van der Waals surface area contributed by atoms with Crippen molar-refractivity contribution in [2.75, 3.05) is 6.61 Å². The van der Waals surface area contributed by atoms with E-state index in [4.69, 9.17) is 5.11 Å². The van der Waals surface area contributed by atoms with Gasteiger partial charge in [-0.2, -0.15) is 0 Å². The van der Waals surface area contributed by atoms with Crippen LogP contribution in [0.1, 0.15) is 19.4 Å². The van der Waals surface area contributed by atoms with Gasteiger partial charge in [-0.15, -0.1) is 0 Å². The smallest absolute Gasteiger partial charge is 0.0615 e. The van der Waals surface area contributed by atoms with Gasteiger partial charge in [0.2, 0.25) is 0 Å². The standard InChI is InChI=1S/C9H10O.C2H6/c10-8-4-7-9-5-2-1-3-6-9;1-2/h1-7,10H,8H2;1-2H3. The van der Waals surface area contributed by atoms with Crippen molar-refractivity contribution in [2.24, 2.45) is 0 Å². The van der Waals surface area contributed by atoms with Crippen LogP contribution < -0.4 is 0 Å². The molecule has 0 heterocycles. The summed E-state index contributed by atoms with van der Waals surface area (Å²) in [7, 11) is 0. The van der Waals surface area contributed by atoms with Gasteiger partial charge in [0, 0.05) is 0 Å². The number of benzene rings is 1. The average Bonchev–Trinajstić information content (AvgIpc) is 2.19. The summed E-state index contributed by atoms with van der Waals surface area (Å²) in [5, 5.41) is 8.44. The molecule has 0 bridgehead atoms. The molecule has 0 saturated carbocycles. The number of hydrogen-bond donors (Lipinski definition) is 1. The first kappa shape index (κ1) is 10.9. The van der Waals surface area contributed by atoms with E-state index in [-0.39, 0.29) is 6.61 Å². The molecule has 1 rings (SSSR count). The number of aliphatic hydroxyl groups is 1. The minimum absolute atomic E-state index is 0.106. The highest BCUT2D eigenvalue weighted by molar-refractivity contribution is 5.48. The zero-order chi connectivity index (χ0) is 9.23. The highest BCUT2D eigenvalue weighted by Crippen LogP contribution is 1.99. The minimum atomic E-state index is 0.106. The monoisotopic (exact) mass is 164 g/mol. The van der Waals surface area contributed by atoms with Gasteiger partial charge in [0.15, 0.2) is 0 Å². The van der Waals surface area contributed by atoms with E-state index in [0.29, 0.717) is 0 Å². The van der Waals surface area contributed by atoms with Crippen LogP contribution >= 0.6 is 0 Å². The SMILES string of the molecule is CC.OCC=Cc1ccccc1. The molecule has 0 aliphatic rings. The van der Waals surface area contributed by atoms with Crippen LogP contribution in [0.5, 0.6) is 0 Å². The van der Waals surface area contributed by atoms with E-state index in [0.717, 1.165) is 5.56 Å². The molecule has 0 aliphatic carbocycles. The summed E-state index contributed by atoms with van der Waals surface area (Å²) in [6, 6.07) is 9.89. The zero-order valence-electron chi connectivity index (χ0n) is 7.70. The predicted octanol–water partition coefficient (Wildman–Crippen LogP) is 2.72. The van der Waals surface area contributed by atoms with Crippen molar-refractivity contribution in [1.82, 2.24) is 0 Å². The quantitative estimate of drug-likeness (QED) is 0.712. The van der Waals surface area contributed by atoms with Gasteiger partial charge in [0.1, 0.15) is 0 Å².